The molecule has 2 heterocycles. The SMILES string of the molecule is O=C(c1ccccc1Cl)[N+]1(CC2CC2)CC2(CCNCC2)c2ccccc21. The maximum Gasteiger partial charge on any atom is 0.352 e. The Bertz CT molecular complexity index is 885. The van der Waals surface area contributed by atoms with Crippen molar-refractivity contribution in [3.8, 4) is 0 Å². The zero-order valence-electron chi connectivity index (χ0n) is 15.6. The average molecular weight is 382 g/mol. The minimum atomic E-state index is 0.105. The van der Waals surface area contributed by atoms with Crippen LogP contribution in [0.5, 0.6) is 0 Å². The van der Waals surface area contributed by atoms with Crippen molar-refractivity contribution >= 4 is 23.2 Å². The third-order valence-electron chi connectivity index (χ3n) is 6.83. The number of carbonyl (C=O) groups is 1. The first-order valence-corrected chi connectivity index (χ1v) is 10.5. The molecule has 1 N–H and O–H groups in total. The van der Waals surface area contributed by atoms with Crippen LogP contribution in [0.1, 0.15) is 41.6 Å². The molecule has 140 valence electrons. The van der Waals surface area contributed by atoms with Crippen LogP contribution in [-0.2, 0) is 5.41 Å². The number of nitrogens with zero attached hydrogens (tertiary/aromatic N) is 1. The van der Waals surface area contributed by atoms with E-state index in [2.05, 4.69) is 29.6 Å². The van der Waals surface area contributed by atoms with Crippen molar-refractivity contribution in [3.05, 3.63) is 64.7 Å². The number of para-hydroxylation sites is 1. The minimum Gasteiger partial charge on any atom is -0.317 e. The van der Waals surface area contributed by atoms with E-state index in [1.54, 1.807) is 0 Å². The number of nitrogens with one attached hydrogen (secondary N) is 1. The third-order valence-corrected chi connectivity index (χ3v) is 7.16. The van der Waals surface area contributed by atoms with Crippen molar-refractivity contribution in [3.63, 3.8) is 0 Å². The highest BCUT2D eigenvalue weighted by Crippen LogP contribution is 2.52. The summed E-state index contributed by atoms with van der Waals surface area (Å²) in [6.07, 6.45) is 4.69. The molecule has 2 aliphatic heterocycles. The molecule has 1 saturated carbocycles. The van der Waals surface area contributed by atoms with Crippen molar-refractivity contribution in [2.24, 2.45) is 5.92 Å². The third kappa shape index (κ3) is 2.75. The van der Waals surface area contributed by atoms with Gasteiger partial charge in [-0.05, 0) is 57.0 Å². The van der Waals surface area contributed by atoms with Gasteiger partial charge in [-0.15, -0.1) is 0 Å². The van der Waals surface area contributed by atoms with E-state index in [4.69, 9.17) is 11.6 Å². The van der Waals surface area contributed by atoms with Crippen LogP contribution in [0.25, 0.3) is 0 Å². The van der Waals surface area contributed by atoms with E-state index in [1.165, 1.54) is 24.1 Å². The molecule has 27 heavy (non-hydrogen) atoms. The number of fused-ring (bicyclic) bond motifs is 2. The number of quaternary nitrogens is 1. The summed E-state index contributed by atoms with van der Waals surface area (Å²) >= 11 is 6.48. The maximum absolute atomic E-state index is 14.0. The number of rotatable bonds is 3. The molecule has 0 radical (unpaired) electrons. The zero-order valence-corrected chi connectivity index (χ0v) is 16.3. The van der Waals surface area contributed by atoms with Gasteiger partial charge in [-0.3, -0.25) is 0 Å². The number of piperidine rings is 1. The molecule has 3 nitrogen and oxygen atoms in total. The van der Waals surface area contributed by atoms with Crippen molar-refractivity contribution in [1.29, 1.82) is 0 Å². The molecule has 4 heteroatoms. The Balaban J connectivity index is 1.67. The first kappa shape index (κ1) is 17.4. The van der Waals surface area contributed by atoms with Crippen LogP contribution in [0.4, 0.5) is 5.69 Å². The smallest absolute Gasteiger partial charge is 0.317 e. The second-order valence-electron chi connectivity index (χ2n) is 8.58. The molecule has 1 unspecified atom stereocenters. The van der Waals surface area contributed by atoms with Gasteiger partial charge in [0.2, 0.25) is 0 Å². The molecule has 2 aromatic rings. The predicted molar refractivity (Wildman–Crippen MR) is 110 cm³/mol. The number of hydrogen-bond acceptors (Lipinski definition) is 2. The van der Waals surface area contributed by atoms with Crippen molar-refractivity contribution in [2.45, 2.75) is 31.1 Å². The molecule has 3 aliphatic rings. The highest BCUT2D eigenvalue weighted by Gasteiger charge is 2.58. The highest BCUT2D eigenvalue weighted by atomic mass is 35.5. The van der Waals surface area contributed by atoms with E-state index in [-0.39, 0.29) is 11.3 Å². The first-order chi connectivity index (χ1) is 13.1. The Kier molecular flexibility index (Phi) is 4.15. The van der Waals surface area contributed by atoms with E-state index in [9.17, 15) is 4.79 Å². The number of benzene rings is 2. The Morgan fingerprint density at radius 1 is 1.07 bits per heavy atom. The lowest BCUT2D eigenvalue weighted by Crippen LogP contribution is -2.58. The van der Waals surface area contributed by atoms with Crippen LogP contribution >= 0.6 is 11.6 Å². The van der Waals surface area contributed by atoms with E-state index >= 15 is 0 Å². The molecule has 1 amide bonds. The van der Waals surface area contributed by atoms with Gasteiger partial charge in [-0.25, -0.2) is 9.28 Å². The van der Waals surface area contributed by atoms with Crippen molar-refractivity contribution in [1.82, 2.24) is 9.80 Å². The number of carbonyl (C=O) groups excluding carboxylic acids is 1. The van der Waals surface area contributed by atoms with Crippen molar-refractivity contribution < 1.29 is 4.79 Å². The molecular weight excluding hydrogens is 356 g/mol. The van der Waals surface area contributed by atoms with E-state index < -0.39 is 0 Å². The molecular formula is C23H26ClN2O+. The number of amides is 1. The summed E-state index contributed by atoms with van der Waals surface area (Å²) in [5.74, 6) is 0.830. The fourth-order valence-corrected chi connectivity index (χ4v) is 5.57. The lowest BCUT2D eigenvalue weighted by molar-refractivity contribution is 0.0732. The molecule has 2 aromatic carbocycles. The normalized spacial score (nSPS) is 26.1. The van der Waals surface area contributed by atoms with Gasteiger partial charge >= 0.3 is 5.91 Å². The second kappa shape index (κ2) is 6.44. The topological polar surface area (TPSA) is 29.1 Å². The van der Waals surface area contributed by atoms with Crippen LogP contribution in [0.15, 0.2) is 48.5 Å². The Morgan fingerprint density at radius 2 is 1.78 bits per heavy atom. The second-order valence-corrected chi connectivity index (χ2v) is 8.99. The molecule has 1 spiro atoms. The van der Waals surface area contributed by atoms with Gasteiger partial charge in [0.15, 0.2) is 0 Å². The van der Waals surface area contributed by atoms with Crippen LogP contribution in [0.3, 0.4) is 0 Å². The quantitative estimate of drug-likeness (QED) is 0.791. The van der Waals surface area contributed by atoms with Gasteiger partial charge in [-0.2, -0.15) is 0 Å². The lowest BCUT2D eigenvalue weighted by atomic mass is 9.75. The van der Waals surface area contributed by atoms with Gasteiger partial charge in [0.25, 0.3) is 0 Å². The zero-order chi connectivity index (χ0) is 18.5. The first-order valence-electron chi connectivity index (χ1n) is 10.1. The Hall–Kier alpha value is -1.68. The average Bonchev–Trinajstić information content (AvgIpc) is 3.47. The van der Waals surface area contributed by atoms with Crippen LogP contribution in [-0.4, -0.2) is 32.1 Å². The van der Waals surface area contributed by atoms with Gasteiger partial charge in [-0.1, -0.05) is 41.9 Å². The Labute approximate surface area is 165 Å². The summed E-state index contributed by atoms with van der Waals surface area (Å²) in [7, 11) is 0. The lowest BCUT2D eigenvalue weighted by Gasteiger charge is -2.37. The molecule has 0 bridgehead atoms. The monoisotopic (exact) mass is 381 g/mol. The molecule has 1 atom stereocenters. The molecule has 2 fully saturated rings. The van der Waals surface area contributed by atoms with Crippen LogP contribution in [0, 0.1) is 5.92 Å². The van der Waals surface area contributed by atoms with Gasteiger partial charge in [0.1, 0.15) is 12.2 Å². The van der Waals surface area contributed by atoms with E-state index in [1.807, 2.05) is 24.3 Å². The molecule has 1 aliphatic carbocycles. The van der Waals surface area contributed by atoms with Crippen LogP contribution < -0.4 is 9.80 Å². The molecule has 1 saturated heterocycles. The molecule has 0 aromatic heterocycles. The summed E-state index contributed by atoms with van der Waals surface area (Å²) in [4.78, 5) is 14.0. The van der Waals surface area contributed by atoms with Crippen molar-refractivity contribution in [2.75, 3.05) is 26.2 Å². The summed E-state index contributed by atoms with van der Waals surface area (Å²) in [6, 6.07) is 16.3. The largest absolute Gasteiger partial charge is 0.352 e. The fraction of sp³-hybridized carbons (Fsp3) is 0.435. The maximum atomic E-state index is 14.0. The standard InChI is InChI=1S/C23H26ClN2O/c24-20-7-3-1-5-18(20)22(27)26(15-17-9-10-17)16-23(11-13-25-14-12-23)19-6-2-4-8-21(19)26/h1-8,17,25H,9-16H2/q+1. The summed E-state index contributed by atoms with van der Waals surface area (Å²) in [6.45, 7) is 3.85. The summed E-state index contributed by atoms with van der Waals surface area (Å²) in [5.41, 5.74) is 3.39. The summed E-state index contributed by atoms with van der Waals surface area (Å²) < 4.78 is 0.449. The summed E-state index contributed by atoms with van der Waals surface area (Å²) in [5, 5.41) is 4.07. The molecule has 5 rings (SSSR count). The van der Waals surface area contributed by atoms with E-state index in [0.29, 0.717) is 21.0 Å². The number of hydrogen-bond donors (Lipinski definition) is 1. The number of halogens is 1. The highest BCUT2D eigenvalue weighted by molar-refractivity contribution is 6.34. The van der Waals surface area contributed by atoms with Gasteiger partial charge < -0.3 is 5.32 Å². The Morgan fingerprint density at radius 3 is 2.52 bits per heavy atom. The van der Waals surface area contributed by atoms with Crippen LogP contribution in [0.2, 0.25) is 5.02 Å². The predicted octanol–water partition coefficient (Wildman–Crippen LogP) is 4.53. The van der Waals surface area contributed by atoms with Gasteiger partial charge in [0, 0.05) is 11.5 Å². The van der Waals surface area contributed by atoms with E-state index in [0.717, 1.165) is 39.0 Å². The minimum absolute atomic E-state index is 0.105. The van der Waals surface area contributed by atoms with Gasteiger partial charge in [0.05, 0.1) is 22.5 Å². The fourth-order valence-electron chi connectivity index (χ4n) is 5.35.